The van der Waals surface area contributed by atoms with E-state index in [4.69, 9.17) is 0 Å². The van der Waals surface area contributed by atoms with Crippen molar-refractivity contribution >= 4 is 17.7 Å². The van der Waals surface area contributed by atoms with Crippen LogP contribution in [0, 0.1) is 0 Å². The number of hydrogen-bond acceptors (Lipinski definition) is 2. The van der Waals surface area contributed by atoms with Gasteiger partial charge in [0.1, 0.15) is 0 Å². The molecular weight excluding hydrogens is 110 g/mol. The predicted molar refractivity (Wildman–Crippen MR) is 33.3 cm³/mol. The van der Waals surface area contributed by atoms with E-state index in [2.05, 4.69) is 12.6 Å². The number of rotatable bonds is 2. The minimum absolute atomic E-state index is 0. The minimum atomic E-state index is -0.127. The quantitative estimate of drug-likeness (QED) is 0.559. The van der Waals surface area contributed by atoms with Gasteiger partial charge >= 0.3 is 0 Å². The van der Waals surface area contributed by atoms with Gasteiger partial charge in [0, 0.05) is 5.12 Å². The molecule has 0 aromatic rings. The van der Waals surface area contributed by atoms with Crippen LogP contribution in [0.25, 0.3) is 0 Å². The van der Waals surface area contributed by atoms with Crippen LogP contribution in [-0.4, -0.2) is 5.12 Å². The average Bonchev–Trinajstić information content (AvgIpc) is 1.35. The SMILES string of the molecule is CCCC(=O)[S-].[NH4+]. The fourth-order valence-electron chi connectivity index (χ4n) is 0.204. The molecule has 0 heterocycles. The van der Waals surface area contributed by atoms with Crippen LogP contribution in [0.5, 0.6) is 0 Å². The molecule has 0 atom stereocenters. The van der Waals surface area contributed by atoms with E-state index in [9.17, 15) is 4.79 Å². The Morgan fingerprint density at radius 3 is 2.14 bits per heavy atom. The monoisotopic (exact) mass is 121 g/mol. The molecule has 7 heavy (non-hydrogen) atoms. The summed E-state index contributed by atoms with van der Waals surface area (Å²) in [4.78, 5) is 9.86. The first-order chi connectivity index (χ1) is 2.77. The Morgan fingerprint density at radius 1 is 1.71 bits per heavy atom. The van der Waals surface area contributed by atoms with Crippen molar-refractivity contribution in [1.82, 2.24) is 6.15 Å². The summed E-state index contributed by atoms with van der Waals surface area (Å²) in [5.41, 5.74) is 0. The molecule has 0 aliphatic rings. The molecule has 0 aliphatic heterocycles. The first-order valence-electron chi connectivity index (χ1n) is 1.97. The van der Waals surface area contributed by atoms with Gasteiger partial charge in [0.15, 0.2) is 0 Å². The van der Waals surface area contributed by atoms with Gasteiger partial charge in [0.25, 0.3) is 0 Å². The molecule has 44 valence electrons. The average molecular weight is 121 g/mol. The maximum absolute atomic E-state index is 9.86. The highest BCUT2D eigenvalue weighted by Crippen LogP contribution is 1.83. The largest absolute Gasteiger partial charge is 0.742 e. The zero-order chi connectivity index (χ0) is 4.99. The maximum atomic E-state index is 9.86. The molecule has 0 rings (SSSR count). The van der Waals surface area contributed by atoms with Crippen molar-refractivity contribution in [2.45, 2.75) is 19.8 Å². The van der Waals surface area contributed by atoms with Crippen molar-refractivity contribution in [2.24, 2.45) is 0 Å². The third-order valence-corrected chi connectivity index (χ3v) is 0.658. The van der Waals surface area contributed by atoms with Gasteiger partial charge in [0.05, 0.1) is 0 Å². The van der Waals surface area contributed by atoms with Gasteiger partial charge in [-0.3, -0.25) is 0 Å². The summed E-state index contributed by atoms with van der Waals surface area (Å²) in [6, 6.07) is 0. The van der Waals surface area contributed by atoms with E-state index in [-0.39, 0.29) is 11.3 Å². The highest BCUT2D eigenvalue weighted by atomic mass is 32.1. The summed E-state index contributed by atoms with van der Waals surface area (Å²) in [5.74, 6) is 0. The highest BCUT2D eigenvalue weighted by Gasteiger charge is 1.73. The van der Waals surface area contributed by atoms with Crippen molar-refractivity contribution in [3.8, 4) is 0 Å². The van der Waals surface area contributed by atoms with E-state index in [1.54, 1.807) is 0 Å². The van der Waals surface area contributed by atoms with Crippen LogP contribution in [0.4, 0.5) is 0 Å². The smallest absolute Gasteiger partial charge is 0.0119 e. The Kier molecular flexibility index (Phi) is 8.33. The molecular formula is C4H11NOS. The van der Waals surface area contributed by atoms with Gasteiger partial charge in [0.2, 0.25) is 0 Å². The molecule has 0 fully saturated rings. The first-order valence-corrected chi connectivity index (χ1v) is 2.38. The lowest BCUT2D eigenvalue weighted by Crippen LogP contribution is -1.86. The van der Waals surface area contributed by atoms with E-state index < -0.39 is 0 Å². The molecule has 0 saturated heterocycles. The standard InChI is InChI=1S/C4H8OS.H3N/c1-2-3-4(5)6;/h2-3H2,1H3,(H,5,6);1H3. The first kappa shape index (κ1) is 9.97. The number of hydrogen-bond donors (Lipinski definition) is 1. The molecule has 0 aromatic carbocycles. The zero-order valence-electron chi connectivity index (χ0n) is 4.73. The van der Waals surface area contributed by atoms with Crippen LogP contribution in [0.15, 0.2) is 0 Å². The van der Waals surface area contributed by atoms with E-state index in [1.165, 1.54) is 0 Å². The van der Waals surface area contributed by atoms with Gasteiger partial charge in [-0.1, -0.05) is 13.3 Å². The van der Waals surface area contributed by atoms with Crippen molar-refractivity contribution in [2.75, 3.05) is 0 Å². The Hall–Kier alpha value is -0.150. The van der Waals surface area contributed by atoms with Crippen LogP contribution in [0.1, 0.15) is 19.8 Å². The van der Waals surface area contributed by atoms with E-state index in [0.717, 1.165) is 6.42 Å². The summed E-state index contributed by atoms with van der Waals surface area (Å²) in [7, 11) is 0. The summed E-state index contributed by atoms with van der Waals surface area (Å²) in [5, 5.41) is -0.127. The van der Waals surface area contributed by atoms with Crippen LogP contribution in [0.3, 0.4) is 0 Å². The second-order valence-electron chi connectivity index (χ2n) is 1.12. The molecule has 0 saturated carbocycles. The molecule has 0 spiro atoms. The second-order valence-corrected chi connectivity index (χ2v) is 1.58. The molecule has 4 N–H and O–H groups in total. The maximum Gasteiger partial charge on any atom is 0.0119 e. The van der Waals surface area contributed by atoms with Gasteiger partial charge in [-0.25, -0.2) is 0 Å². The van der Waals surface area contributed by atoms with Gasteiger partial charge in [-0.2, -0.15) is 0 Å². The third-order valence-electron chi connectivity index (χ3n) is 0.454. The Morgan fingerprint density at radius 2 is 2.14 bits per heavy atom. The summed E-state index contributed by atoms with van der Waals surface area (Å²) < 4.78 is 0. The molecule has 0 bridgehead atoms. The van der Waals surface area contributed by atoms with Crippen molar-refractivity contribution in [1.29, 1.82) is 0 Å². The van der Waals surface area contributed by atoms with Gasteiger partial charge < -0.3 is 23.6 Å². The molecule has 0 aliphatic carbocycles. The van der Waals surface area contributed by atoms with Crippen LogP contribution >= 0.6 is 0 Å². The number of carbonyl (C=O) groups excluding carboxylic acids is 1. The fourth-order valence-corrected chi connectivity index (χ4v) is 0.408. The number of carbonyl (C=O) groups is 1. The van der Waals surface area contributed by atoms with E-state index in [0.29, 0.717) is 6.42 Å². The molecule has 2 nitrogen and oxygen atoms in total. The molecule has 0 radical (unpaired) electrons. The van der Waals surface area contributed by atoms with Gasteiger partial charge in [-0.15, -0.1) is 0 Å². The van der Waals surface area contributed by atoms with Crippen LogP contribution in [-0.2, 0) is 17.4 Å². The summed E-state index contributed by atoms with van der Waals surface area (Å²) in [6.07, 6.45) is 1.43. The lowest BCUT2D eigenvalue weighted by molar-refractivity contribution is -0.110. The topological polar surface area (TPSA) is 53.6 Å². The van der Waals surface area contributed by atoms with E-state index in [1.807, 2.05) is 6.92 Å². The zero-order valence-corrected chi connectivity index (χ0v) is 5.55. The predicted octanol–water partition coefficient (Wildman–Crippen LogP) is 1.24. The van der Waals surface area contributed by atoms with Gasteiger partial charge in [-0.05, 0) is 6.42 Å². The van der Waals surface area contributed by atoms with Crippen molar-refractivity contribution in [3.63, 3.8) is 0 Å². The Labute approximate surface area is 49.3 Å². The van der Waals surface area contributed by atoms with Crippen LogP contribution < -0.4 is 6.15 Å². The fraction of sp³-hybridized carbons (Fsp3) is 0.750. The third kappa shape index (κ3) is 10.7. The molecule has 3 heteroatoms. The lowest BCUT2D eigenvalue weighted by atomic mass is 10.4. The van der Waals surface area contributed by atoms with Crippen molar-refractivity contribution < 1.29 is 4.79 Å². The lowest BCUT2D eigenvalue weighted by Gasteiger charge is -1.95. The van der Waals surface area contributed by atoms with Crippen molar-refractivity contribution in [3.05, 3.63) is 0 Å². The molecule has 0 unspecified atom stereocenters. The normalized spacial score (nSPS) is 7.00. The Bertz CT molecular complexity index is 55.7. The summed E-state index contributed by atoms with van der Waals surface area (Å²) >= 11 is 4.24. The molecule has 0 amide bonds. The summed E-state index contributed by atoms with van der Waals surface area (Å²) in [6.45, 7) is 1.93. The number of quaternary nitrogens is 1. The minimum Gasteiger partial charge on any atom is -0.742 e. The Balaban J connectivity index is 0. The van der Waals surface area contributed by atoms with Crippen LogP contribution in [0.2, 0.25) is 0 Å². The second kappa shape index (κ2) is 5.85. The van der Waals surface area contributed by atoms with E-state index >= 15 is 0 Å². The highest BCUT2D eigenvalue weighted by molar-refractivity contribution is 7.77. The molecule has 0 aromatic heterocycles.